The molecule has 2 aliphatic rings. The molecule has 0 spiro atoms. The second kappa shape index (κ2) is 8.28. The van der Waals surface area contributed by atoms with Gasteiger partial charge in [-0.05, 0) is 43.2 Å². The van der Waals surface area contributed by atoms with Crippen molar-refractivity contribution in [3.8, 4) is 0 Å². The Hall–Kier alpha value is -1.11. The number of hydrogen-bond donors (Lipinski definition) is 0. The van der Waals surface area contributed by atoms with Crippen LogP contribution in [0.1, 0.15) is 38.2 Å². The molecule has 1 amide bonds. The van der Waals surface area contributed by atoms with E-state index in [0.717, 1.165) is 19.5 Å². The van der Waals surface area contributed by atoms with Crippen LogP contribution in [-0.2, 0) is 20.6 Å². The van der Waals surface area contributed by atoms with Gasteiger partial charge in [-0.3, -0.25) is 4.79 Å². The quantitative estimate of drug-likeness (QED) is 0.782. The van der Waals surface area contributed by atoms with Crippen LogP contribution in [0.5, 0.6) is 0 Å². The van der Waals surface area contributed by atoms with Gasteiger partial charge in [0, 0.05) is 37.1 Å². The van der Waals surface area contributed by atoms with Gasteiger partial charge in [-0.2, -0.15) is 0 Å². The lowest BCUT2D eigenvalue weighted by molar-refractivity contribution is -0.138. The molecule has 26 heavy (non-hydrogen) atoms. The molecule has 0 radical (unpaired) electrons. The second-order valence-corrected chi connectivity index (χ2v) is 9.93. The number of carbonyl (C=O) groups excluding carboxylic acids is 1. The summed E-state index contributed by atoms with van der Waals surface area (Å²) in [7, 11) is -3.42. The van der Waals surface area contributed by atoms with Crippen LogP contribution in [0.15, 0.2) is 24.3 Å². The van der Waals surface area contributed by atoms with Gasteiger partial charge in [0.1, 0.15) is 0 Å². The third-order valence-electron chi connectivity index (χ3n) is 5.46. The van der Waals surface area contributed by atoms with Gasteiger partial charge in [0.15, 0.2) is 0 Å². The van der Waals surface area contributed by atoms with Gasteiger partial charge in [0.2, 0.25) is 15.9 Å². The zero-order chi connectivity index (χ0) is 18.7. The molecule has 2 aliphatic heterocycles. The molecule has 0 unspecified atom stereocenters. The van der Waals surface area contributed by atoms with Crippen LogP contribution in [0.25, 0.3) is 0 Å². The van der Waals surface area contributed by atoms with Crippen LogP contribution in [-0.4, -0.2) is 49.7 Å². The highest BCUT2D eigenvalue weighted by atomic mass is 35.5. The monoisotopic (exact) mass is 398 g/mol. The minimum Gasteiger partial charge on any atom is -0.342 e. The van der Waals surface area contributed by atoms with Crippen LogP contribution >= 0.6 is 11.6 Å². The number of carbonyl (C=O) groups is 1. The molecule has 0 N–H and O–H groups in total. The Morgan fingerprint density at radius 1 is 1.15 bits per heavy atom. The van der Waals surface area contributed by atoms with E-state index in [1.54, 1.807) is 24.3 Å². The maximum Gasteiger partial charge on any atom is 0.225 e. The lowest BCUT2D eigenvalue weighted by Gasteiger charge is -2.36. The highest BCUT2D eigenvalue weighted by molar-refractivity contribution is 7.88. The number of likely N-dealkylation sites (tertiary alicyclic amines) is 1. The molecule has 144 valence electrons. The van der Waals surface area contributed by atoms with E-state index in [1.165, 1.54) is 10.7 Å². The van der Waals surface area contributed by atoms with E-state index in [2.05, 4.69) is 6.92 Å². The lowest BCUT2D eigenvalue weighted by atomic mass is 9.93. The van der Waals surface area contributed by atoms with Gasteiger partial charge >= 0.3 is 0 Å². The van der Waals surface area contributed by atoms with E-state index < -0.39 is 10.0 Å². The molecule has 1 aromatic rings. The number of benzene rings is 1. The van der Waals surface area contributed by atoms with Crippen molar-refractivity contribution in [3.63, 3.8) is 0 Å². The normalized spacial score (nSPS) is 23.2. The fourth-order valence-electron chi connectivity index (χ4n) is 3.93. The Morgan fingerprint density at radius 2 is 1.85 bits per heavy atom. The van der Waals surface area contributed by atoms with Gasteiger partial charge in [-0.15, -0.1) is 0 Å². The number of nitrogens with zero attached hydrogens (tertiary/aromatic N) is 2. The highest BCUT2D eigenvalue weighted by Gasteiger charge is 2.34. The summed E-state index contributed by atoms with van der Waals surface area (Å²) in [6.07, 6.45) is 3.46. The standard InChI is InChI=1S/C19H27ClN2O3S/c1-15-5-4-10-21(13-15)19(23)16-8-11-22(12-9-16)26(24,25)14-17-6-2-3-7-18(17)20/h2-3,6-7,15-16H,4-5,8-14H2,1H3/t15-/m0/s1. The van der Waals surface area contributed by atoms with E-state index in [1.807, 2.05) is 4.90 Å². The van der Waals surface area contributed by atoms with Crippen molar-refractivity contribution in [2.45, 2.75) is 38.4 Å². The Labute approximate surface area is 161 Å². The maximum absolute atomic E-state index is 12.7. The van der Waals surface area contributed by atoms with Crippen LogP contribution in [0, 0.1) is 11.8 Å². The van der Waals surface area contributed by atoms with Gasteiger partial charge in [-0.1, -0.05) is 36.7 Å². The van der Waals surface area contributed by atoms with Gasteiger partial charge in [0.05, 0.1) is 5.75 Å². The molecule has 1 atom stereocenters. The van der Waals surface area contributed by atoms with Crippen molar-refractivity contribution >= 4 is 27.5 Å². The largest absolute Gasteiger partial charge is 0.342 e. The second-order valence-electron chi connectivity index (χ2n) is 7.55. The molecule has 0 aromatic heterocycles. The van der Waals surface area contributed by atoms with Crippen molar-refractivity contribution in [2.24, 2.45) is 11.8 Å². The van der Waals surface area contributed by atoms with Gasteiger partial charge in [-0.25, -0.2) is 12.7 Å². The number of piperidine rings is 2. The third-order valence-corrected chi connectivity index (χ3v) is 7.66. The Bertz CT molecular complexity index is 745. The smallest absolute Gasteiger partial charge is 0.225 e. The maximum atomic E-state index is 12.7. The van der Waals surface area contributed by atoms with Crippen molar-refractivity contribution < 1.29 is 13.2 Å². The number of hydrogen-bond acceptors (Lipinski definition) is 3. The molecule has 5 nitrogen and oxygen atoms in total. The van der Waals surface area contributed by atoms with E-state index in [4.69, 9.17) is 11.6 Å². The first kappa shape index (κ1) is 19.6. The van der Waals surface area contributed by atoms with Crippen molar-refractivity contribution in [1.82, 2.24) is 9.21 Å². The fraction of sp³-hybridized carbons (Fsp3) is 0.632. The molecule has 0 saturated carbocycles. The Kier molecular flexibility index (Phi) is 6.25. The summed E-state index contributed by atoms with van der Waals surface area (Å²) in [5.41, 5.74) is 0.620. The molecule has 2 fully saturated rings. The van der Waals surface area contributed by atoms with E-state index in [-0.39, 0.29) is 17.6 Å². The van der Waals surface area contributed by atoms with Crippen LogP contribution in [0.3, 0.4) is 0 Å². The first-order chi connectivity index (χ1) is 12.4. The van der Waals surface area contributed by atoms with Gasteiger partial charge < -0.3 is 4.90 Å². The average molecular weight is 399 g/mol. The van der Waals surface area contributed by atoms with E-state index >= 15 is 0 Å². The minimum atomic E-state index is -3.42. The summed E-state index contributed by atoms with van der Waals surface area (Å²) in [6, 6.07) is 7.03. The predicted molar refractivity (Wildman–Crippen MR) is 103 cm³/mol. The first-order valence-electron chi connectivity index (χ1n) is 9.37. The number of rotatable bonds is 4. The molecule has 0 bridgehead atoms. The van der Waals surface area contributed by atoms with E-state index in [0.29, 0.717) is 42.4 Å². The van der Waals surface area contributed by atoms with Gasteiger partial charge in [0.25, 0.3) is 0 Å². The Balaban J connectivity index is 1.57. The molecule has 7 heteroatoms. The summed E-state index contributed by atoms with van der Waals surface area (Å²) >= 11 is 6.10. The third kappa shape index (κ3) is 4.59. The summed E-state index contributed by atoms with van der Waals surface area (Å²) in [5.74, 6) is 0.630. The van der Waals surface area contributed by atoms with E-state index in [9.17, 15) is 13.2 Å². The summed E-state index contributed by atoms with van der Waals surface area (Å²) in [6.45, 7) is 4.68. The summed E-state index contributed by atoms with van der Waals surface area (Å²) < 4.78 is 26.9. The minimum absolute atomic E-state index is 0.0490. The zero-order valence-electron chi connectivity index (χ0n) is 15.2. The molecule has 2 heterocycles. The van der Waals surface area contributed by atoms with Crippen LogP contribution < -0.4 is 0 Å². The number of sulfonamides is 1. The predicted octanol–water partition coefficient (Wildman–Crippen LogP) is 3.14. The fourth-order valence-corrected chi connectivity index (χ4v) is 5.81. The van der Waals surface area contributed by atoms with Crippen LogP contribution in [0.2, 0.25) is 5.02 Å². The number of amides is 1. The Morgan fingerprint density at radius 3 is 2.50 bits per heavy atom. The number of halogens is 1. The van der Waals surface area contributed by atoms with Crippen molar-refractivity contribution in [3.05, 3.63) is 34.9 Å². The molecular formula is C19H27ClN2O3S. The van der Waals surface area contributed by atoms with Crippen LogP contribution in [0.4, 0.5) is 0 Å². The highest BCUT2D eigenvalue weighted by Crippen LogP contribution is 2.26. The molecule has 3 rings (SSSR count). The summed E-state index contributed by atoms with van der Waals surface area (Å²) in [5, 5.41) is 0.473. The molecule has 2 saturated heterocycles. The average Bonchev–Trinajstić information content (AvgIpc) is 2.63. The molecule has 1 aromatic carbocycles. The molecular weight excluding hydrogens is 372 g/mol. The topological polar surface area (TPSA) is 57.7 Å². The SMILES string of the molecule is C[C@H]1CCCN(C(=O)C2CCN(S(=O)(=O)Cc3ccccc3Cl)CC2)C1. The summed E-state index contributed by atoms with van der Waals surface area (Å²) in [4.78, 5) is 14.7. The lowest BCUT2D eigenvalue weighted by Crippen LogP contribution is -2.47. The zero-order valence-corrected chi connectivity index (χ0v) is 16.8. The molecule has 0 aliphatic carbocycles. The first-order valence-corrected chi connectivity index (χ1v) is 11.4. The van der Waals surface area contributed by atoms with Crippen molar-refractivity contribution in [1.29, 1.82) is 0 Å². The van der Waals surface area contributed by atoms with Crippen molar-refractivity contribution in [2.75, 3.05) is 26.2 Å².